The Morgan fingerprint density at radius 2 is 1.65 bits per heavy atom. The number of piperidine rings is 1. The van der Waals surface area contributed by atoms with E-state index in [-0.39, 0.29) is 17.5 Å². The number of ether oxygens (including phenoxy) is 2. The van der Waals surface area contributed by atoms with Crippen LogP contribution in [0.2, 0.25) is 0 Å². The summed E-state index contributed by atoms with van der Waals surface area (Å²) in [5.74, 6) is 1.29. The number of hydrogen-bond donors (Lipinski definition) is 1. The maximum atomic E-state index is 14.0. The van der Waals surface area contributed by atoms with Crippen molar-refractivity contribution in [1.82, 2.24) is 19.3 Å². The molecule has 1 N–H and O–H groups in total. The molecule has 11 heteroatoms. The quantitative estimate of drug-likeness (QED) is 0.281. The van der Waals surface area contributed by atoms with E-state index in [0.717, 1.165) is 11.1 Å². The first kappa shape index (κ1) is 30.4. The van der Waals surface area contributed by atoms with Crippen molar-refractivity contribution >= 4 is 15.8 Å². The lowest BCUT2D eigenvalue weighted by Gasteiger charge is -2.39. The summed E-state index contributed by atoms with van der Waals surface area (Å²) in [4.78, 5) is 15.3. The predicted molar refractivity (Wildman–Crippen MR) is 164 cm³/mol. The van der Waals surface area contributed by atoms with Crippen molar-refractivity contribution in [3.8, 4) is 11.8 Å². The second-order valence-corrected chi connectivity index (χ2v) is 12.7. The number of anilines is 1. The fraction of sp³-hybridized carbons (Fsp3) is 0.344. The summed E-state index contributed by atoms with van der Waals surface area (Å²) in [7, 11) is -0.794. The summed E-state index contributed by atoms with van der Waals surface area (Å²) in [6.45, 7) is 4.73. The lowest BCUT2D eigenvalue weighted by Crippen LogP contribution is -2.43. The van der Waals surface area contributed by atoms with E-state index in [1.807, 2.05) is 48.5 Å². The fourth-order valence-electron chi connectivity index (χ4n) is 5.62. The second-order valence-electron chi connectivity index (χ2n) is 10.8. The first-order valence-electron chi connectivity index (χ1n) is 14.1. The van der Waals surface area contributed by atoms with Gasteiger partial charge in [-0.15, -0.1) is 0 Å². The number of rotatable bonds is 10. The highest BCUT2D eigenvalue weighted by Gasteiger charge is 2.35. The predicted octanol–water partition coefficient (Wildman–Crippen LogP) is 4.43. The molecule has 0 amide bonds. The van der Waals surface area contributed by atoms with E-state index in [1.165, 1.54) is 4.31 Å². The molecular formula is C32H37N5O5S. The van der Waals surface area contributed by atoms with Gasteiger partial charge in [0.05, 0.1) is 23.6 Å². The van der Waals surface area contributed by atoms with Crippen molar-refractivity contribution in [1.29, 1.82) is 0 Å². The molecular weight excluding hydrogens is 566 g/mol. The molecule has 1 aliphatic rings. The van der Waals surface area contributed by atoms with Gasteiger partial charge in [0.25, 0.3) is 0 Å². The largest absolute Gasteiger partial charge is 0.497 e. The number of aromatic nitrogens is 3. The molecule has 0 aliphatic carbocycles. The zero-order chi connectivity index (χ0) is 30.6. The molecule has 2 aromatic carbocycles. The van der Waals surface area contributed by atoms with Crippen LogP contribution in [0.5, 0.6) is 11.8 Å². The Balaban J connectivity index is 1.34. The minimum absolute atomic E-state index is 0.000754. The molecule has 0 saturated carbocycles. The normalized spacial score (nSPS) is 15.7. The molecule has 1 atom stereocenters. The zero-order valence-electron chi connectivity index (χ0n) is 24.8. The van der Waals surface area contributed by atoms with Crippen molar-refractivity contribution in [3.05, 3.63) is 102 Å². The maximum Gasteiger partial charge on any atom is 0.318 e. The summed E-state index contributed by atoms with van der Waals surface area (Å²) in [6.07, 6.45) is 6.10. The van der Waals surface area contributed by atoms with Crippen LogP contribution < -0.4 is 14.4 Å². The Labute approximate surface area is 253 Å². The van der Waals surface area contributed by atoms with Gasteiger partial charge in [0.15, 0.2) is 0 Å². The number of likely N-dealkylation sites (N-methyl/N-ethyl adjacent to an activating group) is 1. The van der Waals surface area contributed by atoms with Gasteiger partial charge in [0, 0.05) is 38.7 Å². The number of benzene rings is 2. The molecule has 226 valence electrons. The Kier molecular flexibility index (Phi) is 8.95. The number of aliphatic hydroxyl groups is 1. The van der Waals surface area contributed by atoms with Gasteiger partial charge in [-0.2, -0.15) is 9.29 Å². The molecule has 0 spiro atoms. The molecule has 1 saturated heterocycles. The molecule has 3 heterocycles. The Hall–Kier alpha value is -4.06. The van der Waals surface area contributed by atoms with Crippen molar-refractivity contribution in [2.75, 3.05) is 38.8 Å². The molecule has 4 aromatic rings. The highest BCUT2D eigenvalue weighted by Crippen LogP contribution is 2.35. The number of hydrogen-bond acceptors (Lipinski definition) is 9. The van der Waals surface area contributed by atoms with Crippen LogP contribution in [-0.4, -0.2) is 66.6 Å². The smallest absolute Gasteiger partial charge is 0.318 e. The molecule has 5 rings (SSSR count). The Morgan fingerprint density at radius 3 is 2.28 bits per heavy atom. The Bertz CT molecular complexity index is 1620. The summed E-state index contributed by atoms with van der Waals surface area (Å²) in [5, 5.41) is 11.2. The minimum atomic E-state index is -3.92. The van der Waals surface area contributed by atoms with Gasteiger partial charge in [-0.1, -0.05) is 30.3 Å². The third-order valence-electron chi connectivity index (χ3n) is 8.05. The lowest BCUT2D eigenvalue weighted by atomic mass is 9.85. The number of nitrogens with zero attached hydrogens (tertiary/aromatic N) is 5. The van der Waals surface area contributed by atoms with Crippen LogP contribution in [0.1, 0.15) is 41.1 Å². The van der Waals surface area contributed by atoms with E-state index in [0.29, 0.717) is 48.6 Å². The standard InChI is InChI=1S/C32H37N5O5S/c1-23-20-27(41-4)21-24(2)30(23)43(39,40)36(3)28(25-8-6-5-7-9-25)22-42-31-34-17-12-29(35-31)37-18-13-32(38,14-19-37)26-10-15-33-16-11-26/h5-12,15-17,20-21,28,38H,13-14,18-19,22H2,1-4H3. The zero-order valence-corrected chi connectivity index (χ0v) is 25.7. The van der Waals surface area contributed by atoms with Crippen LogP contribution in [0, 0.1) is 13.8 Å². The molecule has 1 aliphatic heterocycles. The van der Waals surface area contributed by atoms with Crippen LogP contribution in [0.3, 0.4) is 0 Å². The van der Waals surface area contributed by atoms with Crippen LogP contribution in [0.4, 0.5) is 5.82 Å². The van der Waals surface area contributed by atoms with Crippen molar-refractivity contribution in [2.45, 2.75) is 43.2 Å². The van der Waals surface area contributed by atoms with Crippen LogP contribution in [0.15, 0.2) is 84.1 Å². The van der Waals surface area contributed by atoms with Gasteiger partial charge in [0.1, 0.15) is 18.2 Å². The van der Waals surface area contributed by atoms with E-state index < -0.39 is 21.7 Å². The summed E-state index contributed by atoms with van der Waals surface area (Å²) in [6, 6.07) is 17.8. The highest BCUT2D eigenvalue weighted by molar-refractivity contribution is 7.89. The Morgan fingerprint density at radius 1 is 1.00 bits per heavy atom. The van der Waals surface area contributed by atoms with Crippen molar-refractivity contribution in [2.24, 2.45) is 0 Å². The molecule has 1 fully saturated rings. The van der Waals surface area contributed by atoms with Gasteiger partial charge in [0.2, 0.25) is 10.0 Å². The van der Waals surface area contributed by atoms with E-state index >= 15 is 0 Å². The summed E-state index contributed by atoms with van der Waals surface area (Å²) in [5.41, 5.74) is 1.93. The monoisotopic (exact) mass is 603 g/mol. The third-order valence-corrected chi connectivity index (χ3v) is 10.2. The van der Waals surface area contributed by atoms with Crippen molar-refractivity contribution < 1.29 is 23.0 Å². The first-order valence-corrected chi connectivity index (χ1v) is 15.6. The van der Waals surface area contributed by atoms with Gasteiger partial charge in [-0.05, 0) is 79.3 Å². The van der Waals surface area contributed by atoms with Gasteiger partial charge in [-0.25, -0.2) is 13.4 Å². The molecule has 2 aromatic heterocycles. The first-order chi connectivity index (χ1) is 20.6. The molecule has 1 unspecified atom stereocenters. The molecule has 43 heavy (non-hydrogen) atoms. The van der Waals surface area contributed by atoms with Crippen LogP contribution >= 0.6 is 0 Å². The van der Waals surface area contributed by atoms with E-state index in [2.05, 4.69) is 19.9 Å². The highest BCUT2D eigenvalue weighted by atomic mass is 32.2. The second kappa shape index (κ2) is 12.7. The van der Waals surface area contributed by atoms with E-state index in [4.69, 9.17) is 9.47 Å². The van der Waals surface area contributed by atoms with Crippen molar-refractivity contribution in [3.63, 3.8) is 0 Å². The maximum absolute atomic E-state index is 14.0. The third kappa shape index (κ3) is 6.48. The number of pyridine rings is 1. The molecule has 0 radical (unpaired) electrons. The van der Waals surface area contributed by atoms with Crippen LogP contribution in [-0.2, 0) is 15.6 Å². The average Bonchev–Trinajstić information content (AvgIpc) is 3.02. The molecule has 0 bridgehead atoms. The number of methoxy groups -OCH3 is 1. The summed E-state index contributed by atoms with van der Waals surface area (Å²) >= 11 is 0. The van der Waals surface area contributed by atoms with Gasteiger partial charge >= 0.3 is 6.01 Å². The average molecular weight is 604 g/mol. The SMILES string of the molecule is COc1cc(C)c(S(=O)(=O)N(C)C(COc2nccc(N3CCC(O)(c4ccncc4)CC3)n2)c2ccccc2)c(C)c1. The van der Waals surface area contributed by atoms with Gasteiger partial charge < -0.3 is 19.5 Å². The number of aryl methyl sites for hydroxylation is 2. The van der Waals surface area contributed by atoms with E-state index in [9.17, 15) is 13.5 Å². The number of sulfonamides is 1. The lowest BCUT2D eigenvalue weighted by molar-refractivity contribution is 0.0115. The fourth-order valence-corrected chi connectivity index (χ4v) is 7.36. The summed E-state index contributed by atoms with van der Waals surface area (Å²) < 4.78 is 40.7. The molecule has 10 nitrogen and oxygen atoms in total. The van der Waals surface area contributed by atoms with E-state index in [1.54, 1.807) is 58.7 Å². The van der Waals surface area contributed by atoms with Gasteiger partial charge in [-0.3, -0.25) is 4.98 Å². The van der Waals surface area contributed by atoms with Crippen LogP contribution in [0.25, 0.3) is 0 Å². The topological polar surface area (TPSA) is 118 Å². The minimum Gasteiger partial charge on any atom is -0.497 e.